The first-order valence-corrected chi connectivity index (χ1v) is 9.79. The quantitative estimate of drug-likeness (QED) is 0.632. The van der Waals surface area contributed by atoms with Crippen LogP contribution in [0.15, 0.2) is 60.8 Å². The van der Waals surface area contributed by atoms with Gasteiger partial charge in [0.15, 0.2) is 0 Å². The van der Waals surface area contributed by atoms with Crippen molar-refractivity contribution >= 4 is 17.6 Å². The second-order valence-electron chi connectivity index (χ2n) is 7.56. The minimum absolute atomic E-state index is 0.180. The predicted molar refractivity (Wildman–Crippen MR) is 110 cm³/mol. The summed E-state index contributed by atoms with van der Waals surface area (Å²) in [6.45, 7) is 1.68. The van der Waals surface area contributed by atoms with Crippen molar-refractivity contribution in [2.75, 3.05) is 5.32 Å². The van der Waals surface area contributed by atoms with Gasteiger partial charge >= 0.3 is 5.97 Å². The summed E-state index contributed by atoms with van der Waals surface area (Å²) in [5, 5.41) is 16.5. The van der Waals surface area contributed by atoms with Crippen molar-refractivity contribution in [1.82, 2.24) is 9.78 Å². The van der Waals surface area contributed by atoms with Crippen LogP contribution in [0.4, 0.5) is 5.69 Å². The lowest BCUT2D eigenvalue weighted by atomic mass is 10.0. The standard InChI is InChI=1S/C23H23N3O3/c1-15(23(28)29)13-16-7-11-18(12-8-16)25-22(27)20-14-24-26(21(20)17-9-10-17)19-5-3-2-4-6-19/h2-8,11-12,14-15,17H,9-10,13H2,1H3,(H,25,27)(H,28,29). The summed E-state index contributed by atoms with van der Waals surface area (Å²) in [5.74, 6) is -1.08. The van der Waals surface area contributed by atoms with Gasteiger partial charge in [-0.15, -0.1) is 0 Å². The number of amides is 1. The van der Waals surface area contributed by atoms with Gasteiger partial charge in [0.05, 0.1) is 29.1 Å². The Morgan fingerprint density at radius 3 is 2.45 bits per heavy atom. The van der Waals surface area contributed by atoms with E-state index >= 15 is 0 Å². The third-order valence-electron chi connectivity index (χ3n) is 5.19. The summed E-state index contributed by atoms with van der Waals surface area (Å²) in [6.07, 6.45) is 4.22. The maximum atomic E-state index is 12.9. The van der Waals surface area contributed by atoms with Gasteiger partial charge in [0.1, 0.15) is 0 Å². The molecule has 1 amide bonds. The Morgan fingerprint density at radius 1 is 1.14 bits per heavy atom. The van der Waals surface area contributed by atoms with Crippen LogP contribution < -0.4 is 5.32 Å². The molecule has 1 heterocycles. The molecule has 1 aliphatic rings. The first-order chi connectivity index (χ1) is 14.0. The highest BCUT2D eigenvalue weighted by Gasteiger charge is 2.32. The summed E-state index contributed by atoms with van der Waals surface area (Å²) in [5.41, 5.74) is 4.11. The van der Waals surface area contributed by atoms with Gasteiger partial charge in [0.25, 0.3) is 5.91 Å². The van der Waals surface area contributed by atoms with Crippen LogP contribution in [-0.2, 0) is 11.2 Å². The van der Waals surface area contributed by atoms with E-state index in [1.165, 1.54) is 0 Å². The number of carbonyl (C=O) groups excluding carboxylic acids is 1. The number of anilines is 1. The zero-order chi connectivity index (χ0) is 20.4. The van der Waals surface area contributed by atoms with Crippen LogP contribution in [0.5, 0.6) is 0 Å². The summed E-state index contributed by atoms with van der Waals surface area (Å²) in [4.78, 5) is 23.9. The molecule has 0 saturated heterocycles. The number of hydrogen-bond acceptors (Lipinski definition) is 3. The van der Waals surface area contributed by atoms with Crippen molar-refractivity contribution in [3.8, 4) is 5.69 Å². The Kier molecular flexibility index (Phi) is 5.16. The van der Waals surface area contributed by atoms with E-state index in [4.69, 9.17) is 5.11 Å². The Hall–Kier alpha value is -3.41. The summed E-state index contributed by atoms with van der Waals surface area (Å²) in [6, 6.07) is 17.2. The van der Waals surface area contributed by atoms with Gasteiger partial charge in [-0.05, 0) is 49.1 Å². The molecule has 1 aromatic heterocycles. The molecule has 1 fully saturated rings. The molecule has 1 atom stereocenters. The van der Waals surface area contributed by atoms with Gasteiger partial charge in [-0.3, -0.25) is 9.59 Å². The molecule has 0 radical (unpaired) electrons. The first kappa shape index (κ1) is 18.9. The van der Waals surface area contributed by atoms with E-state index in [-0.39, 0.29) is 5.91 Å². The lowest BCUT2D eigenvalue weighted by Crippen LogP contribution is -2.15. The van der Waals surface area contributed by atoms with Crippen LogP contribution >= 0.6 is 0 Å². The van der Waals surface area contributed by atoms with Crippen LogP contribution in [-0.4, -0.2) is 26.8 Å². The SMILES string of the molecule is CC(Cc1ccc(NC(=O)c2cnn(-c3ccccc3)c2C2CC2)cc1)C(=O)O. The van der Waals surface area contributed by atoms with Crippen molar-refractivity contribution in [3.05, 3.63) is 77.6 Å². The lowest BCUT2D eigenvalue weighted by Gasteiger charge is -2.10. The number of aliphatic carboxylic acids is 1. The zero-order valence-electron chi connectivity index (χ0n) is 16.2. The number of benzene rings is 2. The minimum atomic E-state index is -0.814. The number of hydrogen-bond donors (Lipinski definition) is 2. The van der Waals surface area contributed by atoms with Gasteiger partial charge < -0.3 is 10.4 Å². The van der Waals surface area contributed by atoms with Crippen molar-refractivity contribution in [2.24, 2.45) is 5.92 Å². The lowest BCUT2D eigenvalue weighted by molar-refractivity contribution is -0.141. The zero-order valence-corrected chi connectivity index (χ0v) is 16.2. The molecule has 0 spiro atoms. The molecule has 1 saturated carbocycles. The predicted octanol–water partition coefficient (Wildman–Crippen LogP) is 4.27. The molecule has 0 aliphatic heterocycles. The molecular weight excluding hydrogens is 366 g/mol. The molecule has 29 heavy (non-hydrogen) atoms. The fourth-order valence-corrected chi connectivity index (χ4v) is 3.42. The van der Waals surface area contributed by atoms with E-state index in [0.29, 0.717) is 23.6 Å². The van der Waals surface area contributed by atoms with Gasteiger partial charge in [-0.25, -0.2) is 4.68 Å². The summed E-state index contributed by atoms with van der Waals surface area (Å²) in [7, 11) is 0. The smallest absolute Gasteiger partial charge is 0.306 e. The number of nitrogens with zero attached hydrogens (tertiary/aromatic N) is 2. The Morgan fingerprint density at radius 2 is 1.83 bits per heavy atom. The fourth-order valence-electron chi connectivity index (χ4n) is 3.42. The van der Waals surface area contributed by atoms with Gasteiger partial charge in [-0.1, -0.05) is 37.3 Å². The number of nitrogens with one attached hydrogen (secondary N) is 1. The van der Waals surface area contributed by atoms with Crippen molar-refractivity contribution in [2.45, 2.75) is 32.1 Å². The average Bonchev–Trinajstić information content (AvgIpc) is 3.47. The third-order valence-corrected chi connectivity index (χ3v) is 5.19. The molecule has 6 heteroatoms. The molecule has 1 aliphatic carbocycles. The molecule has 1 unspecified atom stereocenters. The third kappa shape index (κ3) is 4.21. The van der Waals surface area contributed by atoms with Crippen LogP contribution in [0.3, 0.4) is 0 Å². The highest BCUT2D eigenvalue weighted by atomic mass is 16.4. The van der Waals surface area contributed by atoms with Crippen LogP contribution in [0.2, 0.25) is 0 Å². The molecule has 4 rings (SSSR count). The van der Waals surface area contributed by atoms with Gasteiger partial charge in [-0.2, -0.15) is 5.10 Å². The molecule has 148 valence electrons. The van der Waals surface area contributed by atoms with E-state index in [1.807, 2.05) is 47.1 Å². The monoisotopic (exact) mass is 389 g/mol. The summed E-state index contributed by atoms with van der Waals surface area (Å²) < 4.78 is 1.86. The van der Waals surface area contributed by atoms with E-state index in [0.717, 1.165) is 29.8 Å². The van der Waals surface area contributed by atoms with E-state index in [2.05, 4.69) is 10.4 Å². The molecule has 0 bridgehead atoms. The largest absolute Gasteiger partial charge is 0.481 e. The van der Waals surface area contributed by atoms with Crippen molar-refractivity contribution in [1.29, 1.82) is 0 Å². The normalized spacial score (nSPS) is 14.4. The van der Waals surface area contributed by atoms with E-state index in [1.54, 1.807) is 25.3 Å². The maximum absolute atomic E-state index is 12.9. The summed E-state index contributed by atoms with van der Waals surface area (Å²) >= 11 is 0. The van der Waals surface area contributed by atoms with Crippen LogP contribution in [0.25, 0.3) is 5.69 Å². The number of rotatable bonds is 7. The van der Waals surface area contributed by atoms with Crippen molar-refractivity contribution < 1.29 is 14.7 Å². The Bertz CT molecular complexity index is 1020. The first-order valence-electron chi connectivity index (χ1n) is 9.79. The Labute approximate surface area is 169 Å². The van der Waals surface area contributed by atoms with Crippen LogP contribution in [0, 0.1) is 5.92 Å². The van der Waals surface area contributed by atoms with E-state index in [9.17, 15) is 9.59 Å². The highest BCUT2D eigenvalue weighted by molar-refractivity contribution is 6.05. The molecule has 3 aromatic rings. The minimum Gasteiger partial charge on any atom is -0.481 e. The number of carboxylic acids is 1. The number of para-hydroxylation sites is 1. The van der Waals surface area contributed by atoms with Crippen molar-refractivity contribution in [3.63, 3.8) is 0 Å². The Balaban J connectivity index is 1.52. The molecular formula is C23H23N3O3. The molecule has 2 aromatic carbocycles. The van der Waals surface area contributed by atoms with E-state index < -0.39 is 11.9 Å². The number of aromatic nitrogens is 2. The molecule has 2 N–H and O–H groups in total. The second-order valence-corrected chi connectivity index (χ2v) is 7.56. The van der Waals surface area contributed by atoms with Gasteiger partial charge in [0.2, 0.25) is 0 Å². The second kappa shape index (κ2) is 7.91. The number of carboxylic acid groups (broad SMARTS) is 1. The average molecular weight is 389 g/mol. The highest BCUT2D eigenvalue weighted by Crippen LogP contribution is 2.42. The molecule has 6 nitrogen and oxygen atoms in total. The van der Waals surface area contributed by atoms with Crippen LogP contribution in [0.1, 0.15) is 47.3 Å². The maximum Gasteiger partial charge on any atom is 0.306 e. The topological polar surface area (TPSA) is 84.2 Å². The fraction of sp³-hybridized carbons (Fsp3) is 0.261. The van der Waals surface area contributed by atoms with Gasteiger partial charge in [0, 0.05) is 11.6 Å². The number of carbonyl (C=O) groups is 2.